The van der Waals surface area contributed by atoms with E-state index in [1.807, 2.05) is 6.20 Å². The summed E-state index contributed by atoms with van der Waals surface area (Å²) in [6.45, 7) is 7.08. The summed E-state index contributed by atoms with van der Waals surface area (Å²) >= 11 is 0. The molecule has 1 aromatic carbocycles. The van der Waals surface area contributed by atoms with Crippen LogP contribution < -0.4 is 0 Å². The van der Waals surface area contributed by atoms with Crippen LogP contribution in [0.5, 0.6) is 0 Å². The van der Waals surface area contributed by atoms with Gasteiger partial charge in [-0.1, -0.05) is 24.3 Å². The molecule has 0 aliphatic carbocycles. The number of aryl methyl sites for hydroxylation is 2. The molecule has 30 heavy (non-hydrogen) atoms. The Morgan fingerprint density at radius 3 is 2.73 bits per heavy atom. The van der Waals surface area contributed by atoms with Crippen LogP contribution in [0.15, 0.2) is 43.0 Å². The van der Waals surface area contributed by atoms with Crippen molar-refractivity contribution >= 4 is 30.6 Å². The zero-order chi connectivity index (χ0) is 19.1. The van der Waals surface area contributed by atoms with Gasteiger partial charge in [0.15, 0.2) is 0 Å². The minimum Gasteiger partial charge on any atom is -0.303 e. The molecule has 0 unspecified atom stereocenters. The Labute approximate surface area is 190 Å². The van der Waals surface area contributed by atoms with Crippen molar-refractivity contribution in [2.75, 3.05) is 33.2 Å². The molecule has 162 valence electrons. The minimum absolute atomic E-state index is 0. The van der Waals surface area contributed by atoms with Crippen molar-refractivity contribution < 1.29 is 0 Å². The Kier molecular flexibility index (Phi) is 7.34. The maximum absolute atomic E-state index is 4.37. The van der Waals surface area contributed by atoms with Gasteiger partial charge in [0.25, 0.3) is 5.78 Å². The molecule has 0 amide bonds. The molecule has 2 saturated heterocycles. The fourth-order valence-electron chi connectivity index (χ4n) is 5.31. The average Bonchev–Trinajstić information content (AvgIpc) is 3.36. The zero-order valence-electron chi connectivity index (χ0n) is 17.5. The van der Waals surface area contributed by atoms with Crippen molar-refractivity contribution in [1.29, 1.82) is 0 Å². The quantitative estimate of drug-likeness (QED) is 0.597. The monoisotopic (exact) mass is 448 g/mol. The van der Waals surface area contributed by atoms with Gasteiger partial charge in [-0.15, -0.1) is 24.8 Å². The number of fused-ring (bicyclic) bond motifs is 2. The van der Waals surface area contributed by atoms with E-state index in [4.69, 9.17) is 0 Å². The molecule has 0 saturated carbocycles. The predicted molar refractivity (Wildman–Crippen MR) is 124 cm³/mol. The van der Waals surface area contributed by atoms with Gasteiger partial charge >= 0.3 is 0 Å². The van der Waals surface area contributed by atoms with Crippen LogP contribution in [0.1, 0.15) is 29.2 Å². The molecule has 3 atom stereocenters. The summed E-state index contributed by atoms with van der Waals surface area (Å²) in [5.74, 6) is 2.21. The lowest BCUT2D eigenvalue weighted by atomic mass is 9.88. The molecule has 5 rings (SSSR count). The lowest BCUT2D eigenvalue weighted by Crippen LogP contribution is -2.30. The molecule has 3 aromatic rings. The highest BCUT2D eigenvalue weighted by atomic mass is 35.5. The summed E-state index contributed by atoms with van der Waals surface area (Å²) in [6, 6.07) is 9.49. The molecule has 2 aliphatic heterocycles. The Hall–Kier alpha value is -1.73. The van der Waals surface area contributed by atoms with E-state index in [0.29, 0.717) is 11.8 Å². The highest BCUT2D eigenvalue weighted by molar-refractivity contribution is 5.85. The largest absolute Gasteiger partial charge is 0.303 e. The fourth-order valence-corrected chi connectivity index (χ4v) is 5.31. The summed E-state index contributed by atoms with van der Waals surface area (Å²) < 4.78 is 1.76. The molecular formula is C22H30Cl2N6. The molecule has 2 aromatic heterocycles. The first-order valence-electron chi connectivity index (χ1n) is 10.3. The van der Waals surface area contributed by atoms with Gasteiger partial charge in [0, 0.05) is 38.1 Å². The van der Waals surface area contributed by atoms with Crippen molar-refractivity contribution in [2.45, 2.75) is 25.8 Å². The third kappa shape index (κ3) is 4.33. The second-order valence-electron chi connectivity index (χ2n) is 8.49. The van der Waals surface area contributed by atoms with Crippen LogP contribution in [0.3, 0.4) is 0 Å². The lowest BCUT2D eigenvalue weighted by Gasteiger charge is -2.28. The van der Waals surface area contributed by atoms with Crippen molar-refractivity contribution in [3.05, 3.63) is 59.7 Å². The average molecular weight is 449 g/mol. The summed E-state index contributed by atoms with van der Waals surface area (Å²) in [5, 5.41) is 4.18. The molecular weight excluding hydrogens is 419 g/mol. The van der Waals surface area contributed by atoms with Gasteiger partial charge in [0.2, 0.25) is 0 Å². The van der Waals surface area contributed by atoms with Crippen LogP contribution in [0.2, 0.25) is 0 Å². The summed E-state index contributed by atoms with van der Waals surface area (Å²) in [7, 11) is 2.30. The van der Waals surface area contributed by atoms with Crippen molar-refractivity contribution in [2.24, 2.45) is 11.8 Å². The van der Waals surface area contributed by atoms with Crippen molar-refractivity contribution in [3.8, 4) is 0 Å². The van der Waals surface area contributed by atoms with Crippen LogP contribution in [-0.4, -0.2) is 62.6 Å². The van der Waals surface area contributed by atoms with Crippen LogP contribution >= 0.6 is 24.8 Å². The number of benzene rings is 1. The molecule has 0 spiro atoms. The van der Waals surface area contributed by atoms with E-state index in [-0.39, 0.29) is 24.8 Å². The van der Waals surface area contributed by atoms with E-state index in [1.54, 1.807) is 10.8 Å². The number of hydrogen-bond donors (Lipinski definition) is 0. The van der Waals surface area contributed by atoms with E-state index in [1.165, 1.54) is 36.3 Å². The van der Waals surface area contributed by atoms with Gasteiger partial charge in [0.1, 0.15) is 6.33 Å². The second kappa shape index (κ2) is 9.60. The highest BCUT2D eigenvalue weighted by Gasteiger charge is 2.46. The van der Waals surface area contributed by atoms with Crippen LogP contribution in [0, 0.1) is 18.8 Å². The van der Waals surface area contributed by atoms with E-state index in [9.17, 15) is 0 Å². The molecule has 0 bridgehead atoms. The molecule has 0 N–H and O–H groups in total. The maximum atomic E-state index is 4.37. The number of nitrogens with zero attached hydrogens (tertiary/aromatic N) is 6. The molecule has 8 heteroatoms. The van der Waals surface area contributed by atoms with Crippen molar-refractivity contribution in [3.63, 3.8) is 0 Å². The zero-order valence-corrected chi connectivity index (χ0v) is 19.1. The number of likely N-dealkylation sites (tertiary alicyclic amines) is 2. The molecule has 0 radical (unpaired) electrons. The first kappa shape index (κ1) is 22.9. The molecule has 2 aliphatic rings. The van der Waals surface area contributed by atoms with Gasteiger partial charge < -0.3 is 4.90 Å². The second-order valence-corrected chi connectivity index (χ2v) is 8.49. The lowest BCUT2D eigenvalue weighted by molar-refractivity contribution is 0.226. The standard InChI is InChI=1S/C22H28N6.2ClH/c1-16-6-3-4-8-19(16)21-20-14-27(13-18(20)12-26(21)2)9-5-7-17-10-23-22-24-15-25-28(22)11-17;;/h3-4,6,8,10-11,15,18,20-21H,5,7,9,12-14H2,1-2H3;2*1H/t18-,20+,21-;;/m0../s1. The number of halogens is 2. The predicted octanol–water partition coefficient (Wildman–Crippen LogP) is 3.44. The highest BCUT2D eigenvalue weighted by Crippen LogP contribution is 2.44. The molecule has 2 fully saturated rings. The van der Waals surface area contributed by atoms with Crippen LogP contribution in [0.25, 0.3) is 5.78 Å². The van der Waals surface area contributed by atoms with E-state index in [2.05, 4.69) is 69.3 Å². The van der Waals surface area contributed by atoms with E-state index < -0.39 is 0 Å². The van der Waals surface area contributed by atoms with Gasteiger partial charge in [-0.3, -0.25) is 4.90 Å². The van der Waals surface area contributed by atoms with Gasteiger partial charge in [-0.05, 0) is 61.9 Å². The van der Waals surface area contributed by atoms with Crippen LogP contribution in [-0.2, 0) is 6.42 Å². The van der Waals surface area contributed by atoms with Gasteiger partial charge in [-0.25, -0.2) is 9.50 Å². The topological polar surface area (TPSA) is 49.6 Å². The summed E-state index contributed by atoms with van der Waals surface area (Å²) in [5.41, 5.74) is 4.18. The van der Waals surface area contributed by atoms with E-state index >= 15 is 0 Å². The first-order chi connectivity index (χ1) is 13.7. The number of rotatable bonds is 5. The molecule has 6 nitrogen and oxygen atoms in total. The smallest absolute Gasteiger partial charge is 0.252 e. The Balaban J connectivity index is 0.00000128. The first-order valence-corrected chi connectivity index (χ1v) is 10.3. The van der Waals surface area contributed by atoms with Crippen LogP contribution in [0.4, 0.5) is 0 Å². The summed E-state index contributed by atoms with van der Waals surface area (Å²) in [4.78, 5) is 13.7. The number of aromatic nitrogens is 4. The molecule has 4 heterocycles. The van der Waals surface area contributed by atoms with Crippen molar-refractivity contribution in [1.82, 2.24) is 29.4 Å². The normalized spacial score (nSPS) is 23.9. The van der Waals surface area contributed by atoms with Gasteiger partial charge in [-0.2, -0.15) is 10.1 Å². The fraction of sp³-hybridized carbons (Fsp3) is 0.500. The number of hydrogen-bond acceptors (Lipinski definition) is 5. The van der Waals surface area contributed by atoms with E-state index in [0.717, 1.165) is 31.2 Å². The summed E-state index contributed by atoms with van der Waals surface area (Å²) in [6.07, 6.45) is 7.74. The maximum Gasteiger partial charge on any atom is 0.252 e. The third-order valence-corrected chi connectivity index (χ3v) is 6.61. The Bertz CT molecular complexity index is 977. The Morgan fingerprint density at radius 2 is 1.90 bits per heavy atom. The minimum atomic E-state index is 0. The Morgan fingerprint density at radius 1 is 1.07 bits per heavy atom. The van der Waals surface area contributed by atoms with Gasteiger partial charge in [0.05, 0.1) is 0 Å². The third-order valence-electron chi connectivity index (χ3n) is 6.61. The SMILES string of the molecule is Cc1ccccc1[C@H]1[C@@H]2CN(CCCc3cnc4ncnn4c3)C[C@@H]2CN1C.Cl.Cl.